The Morgan fingerprint density at radius 1 is 1.03 bits per heavy atom. The van der Waals surface area contributed by atoms with E-state index in [1.54, 1.807) is 41.5 Å². The van der Waals surface area contributed by atoms with Gasteiger partial charge in [0.1, 0.15) is 18.8 Å². The number of hydrogen-bond donors (Lipinski definition) is 1. The zero-order valence-corrected chi connectivity index (χ0v) is 19.0. The summed E-state index contributed by atoms with van der Waals surface area (Å²) in [7, 11) is 0. The minimum atomic E-state index is -1.91. The summed E-state index contributed by atoms with van der Waals surface area (Å²) in [5.41, 5.74) is -0.854. The Morgan fingerprint density at radius 3 is 2.16 bits per heavy atom. The number of aliphatic hydroxyl groups is 1. The summed E-state index contributed by atoms with van der Waals surface area (Å²) < 4.78 is 36.9. The summed E-state index contributed by atoms with van der Waals surface area (Å²) in [6, 6.07) is 9.17. The van der Waals surface area contributed by atoms with Gasteiger partial charge in [0.25, 0.3) is 0 Å². The van der Waals surface area contributed by atoms with Crippen LogP contribution in [-0.4, -0.2) is 54.4 Å². The molecule has 1 aliphatic heterocycles. The Balaban J connectivity index is 2.16. The average molecular weight is 441 g/mol. The molecule has 0 amide bonds. The maximum atomic E-state index is 15.2. The molecule has 1 aromatic rings. The molecule has 1 N–H and O–H groups in total. The third-order valence-electron chi connectivity index (χ3n) is 4.70. The van der Waals surface area contributed by atoms with Crippen LogP contribution >= 0.6 is 0 Å². The number of esters is 2. The van der Waals surface area contributed by atoms with Crippen LogP contribution in [0, 0.1) is 10.8 Å². The van der Waals surface area contributed by atoms with E-state index in [1.807, 2.05) is 30.3 Å². The maximum absolute atomic E-state index is 15.2. The fraction of sp³-hybridized carbons (Fsp3) is 0.652. The minimum Gasteiger partial charge on any atom is -0.462 e. The first-order valence-electron chi connectivity index (χ1n) is 10.3. The molecule has 0 bridgehead atoms. The van der Waals surface area contributed by atoms with Crippen molar-refractivity contribution in [1.82, 2.24) is 0 Å². The molecule has 1 fully saturated rings. The first-order valence-corrected chi connectivity index (χ1v) is 10.3. The molecule has 0 unspecified atom stereocenters. The largest absolute Gasteiger partial charge is 0.462 e. The maximum Gasteiger partial charge on any atom is 0.311 e. The average Bonchev–Trinajstić information content (AvgIpc) is 2.68. The minimum absolute atomic E-state index is 0.0912. The highest BCUT2D eigenvalue weighted by Crippen LogP contribution is 2.30. The number of ether oxygens (including phenoxy) is 4. The predicted molar refractivity (Wildman–Crippen MR) is 111 cm³/mol. The van der Waals surface area contributed by atoms with Gasteiger partial charge in [-0.2, -0.15) is 0 Å². The van der Waals surface area contributed by atoms with E-state index in [0.29, 0.717) is 0 Å². The molecule has 31 heavy (non-hydrogen) atoms. The molecule has 0 spiro atoms. The second-order valence-electron chi connectivity index (χ2n) is 9.74. The van der Waals surface area contributed by atoms with E-state index in [-0.39, 0.29) is 6.61 Å². The van der Waals surface area contributed by atoms with E-state index < -0.39 is 60.1 Å². The topological polar surface area (TPSA) is 91.3 Å². The quantitative estimate of drug-likeness (QED) is 0.680. The van der Waals surface area contributed by atoms with Crippen molar-refractivity contribution in [2.75, 3.05) is 6.61 Å². The Labute approximate surface area is 182 Å². The van der Waals surface area contributed by atoms with Gasteiger partial charge in [-0.25, -0.2) is 4.39 Å². The smallest absolute Gasteiger partial charge is 0.311 e. The lowest BCUT2D eigenvalue weighted by molar-refractivity contribution is -0.298. The van der Waals surface area contributed by atoms with Gasteiger partial charge in [0.15, 0.2) is 18.6 Å². The van der Waals surface area contributed by atoms with Crippen molar-refractivity contribution >= 4 is 11.9 Å². The molecular formula is C23H33FO7. The summed E-state index contributed by atoms with van der Waals surface area (Å²) in [4.78, 5) is 24.4. The molecule has 0 aliphatic carbocycles. The molecule has 174 valence electrons. The first-order chi connectivity index (χ1) is 14.3. The number of benzene rings is 1. The lowest BCUT2D eigenvalue weighted by Crippen LogP contribution is -2.59. The van der Waals surface area contributed by atoms with Crippen LogP contribution in [0.5, 0.6) is 0 Å². The fourth-order valence-corrected chi connectivity index (χ4v) is 2.71. The fourth-order valence-electron chi connectivity index (χ4n) is 2.71. The summed E-state index contributed by atoms with van der Waals surface area (Å²) in [5.74, 6) is -1.20. The highest BCUT2D eigenvalue weighted by atomic mass is 19.1. The van der Waals surface area contributed by atoms with Crippen molar-refractivity contribution in [3.05, 3.63) is 35.9 Å². The van der Waals surface area contributed by atoms with Crippen LogP contribution in [0.1, 0.15) is 47.1 Å². The van der Waals surface area contributed by atoms with Crippen molar-refractivity contribution in [3.63, 3.8) is 0 Å². The van der Waals surface area contributed by atoms with Gasteiger partial charge in [-0.1, -0.05) is 30.3 Å². The molecule has 8 heteroatoms. The molecule has 2 rings (SSSR count). The van der Waals surface area contributed by atoms with Crippen LogP contribution in [0.3, 0.4) is 0 Å². The monoisotopic (exact) mass is 440 g/mol. The Hall–Kier alpha value is -2.03. The summed E-state index contributed by atoms with van der Waals surface area (Å²) in [6.07, 6.45) is -7.54. The zero-order chi connectivity index (χ0) is 23.4. The van der Waals surface area contributed by atoms with E-state index in [9.17, 15) is 14.7 Å². The van der Waals surface area contributed by atoms with Gasteiger partial charge < -0.3 is 24.1 Å². The highest BCUT2D eigenvalue weighted by Gasteiger charge is 2.50. The lowest BCUT2D eigenvalue weighted by atomic mass is 9.95. The van der Waals surface area contributed by atoms with Crippen LogP contribution in [0.2, 0.25) is 0 Å². The first kappa shape index (κ1) is 25.2. The predicted octanol–water partition coefficient (Wildman–Crippen LogP) is 3.17. The van der Waals surface area contributed by atoms with Gasteiger partial charge in [-0.15, -0.1) is 0 Å². The number of hydrogen-bond acceptors (Lipinski definition) is 7. The summed E-state index contributed by atoms with van der Waals surface area (Å²) in [6.45, 7) is 9.59. The molecular weight excluding hydrogens is 407 g/mol. The van der Waals surface area contributed by atoms with Crippen LogP contribution in [0.15, 0.2) is 30.3 Å². The molecule has 1 aromatic carbocycles. The van der Waals surface area contributed by atoms with Crippen LogP contribution in [0.25, 0.3) is 0 Å². The Morgan fingerprint density at radius 2 is 1.61 bits per heavy atom. The lowest BCUT2D eigenvalue weighted by Gasteiger charge is -2.41. The summed E-state index contributed by atoms with van der Waals surface area (Å²) >= 11 is 0. The molecule has 0 saturated carbocycles. The van der Waals surface area contributed by atoms with E-state index >= 15 is 4.39 Å². The number of halogens is 1. The van der Waals surface area contributed by atoms with Gasteiger partial charge in [-0.3, -0.25) is 9.59 Å². The second-order valence-corrected chi connectivity index (χ2v) is 9.74. The van der Waals surface area contributed by atoms with E-state index in [1.165, 1.54) is 0 Å². The molecule has 1 aliphatic rings. The number of alkyl halides is 1. The van der Waals surface area contributed by atoms with Gasteiger partial charge in [0.2, 0.25) is 0 Å². The molecule has 1 saturated heterocycles. The van der Waals surface area contributed by atoms with Crippen LogP contribution in [-0.2, 0) is 35.1 Å². The molecule has 7 nitrogen and oxygen atoms in total. The van der Waals surface area contributed by atoms with Gasteiger partial charge in [0, 0.05) is 0 Å². The van der Waals surface area contributed by atoms with Gasteiger partial charge in [-0.05, 0) is 47.1 Å². The van der Waals surface area contributed by atoms with Gasteiger partial charge in [0.05, 0.1) is 17.4 Å². The molecule has 1 heterocycles. The normalized spacial score (nSPS) is 26.9. The van der Waals surface area contributed by atoms with E-state index in [0.717, 1.165) is 5.56 Å². The Bertz CT molecular complexity index is 739. The Kier molecular flexibility index (Phi) is 8.19. The zero-order valence-electron chi connectivity index (χ0n) is 19.0. The summed E-state index contributed by atoms with van der Waals surface area (Å²) in [5, 5.41) is 10.6. The van der Waals surface area contributed by atoms with E-state index in [4.69, 9.17) is 18.9 Å². The third-order valence-corrected chi connectivity index (χ3v) is 4.70. The van der Waals surface area contributed by atoms with Crippen molar-refractivity contribution in [3.8, 4) is 0 Å². The van der Waals surface area contributed by atoms with Crippen LogP contribution < -0.4 is 0 Å². The van der Waals surface area contributed by atoms with Crippen molar-refractivity contribution in [2.24, 2.45) is 10.8 Å². The van der Waals surface area contributed by atoms with Crippen molar-refractivity contribution < 1.29 is 38.0 Å². The second kappa shape index (κ2) is 10.1. The third kappa shape index (κ3) is 6.98. The van der Waals surface area contributed by atoms with Crippen LogP contribution in [0.4, 0.5) is 4.39 Å². The highest BCUT2D eigenvalue weighted by molar-refractivity contribution is 5.76. The van der Waals surface area contributed by atoms with Crippen molar-refractivity contribution in [1.29, 1.82) is 0 Å². The standard InChI is InChI=1S/C23H33FO7/c1-22(2,3)20(26)29-13-15-16(24)18(31-21(27)23(4,5)6)17(25)19(30-15)28-12-14-10-8-7-9-11-14/h7-11,15-19,25H,12-13H2,1-6H3/t15-,16-,17-,18+,19-/m1/s1. The van der Waals surface area contributed by atoms with E-state index in [2.05, 4.69) is 0 Å². The van der Waals surface area contributed by atoms with Crippen molar-refractivity contribution in [2.45, 2.75) is 78.9 Å². The SMILES string of the molecule is CC(C)(C)C(=O)OC[C@H]1O[C@@H](OCc2ccccc2)[C@H](O)[C@@H](OC(=O)C(C)(C)C)[C@@H]1F. The molecule has 0 radical (unpaired) electrons. The number of carbonyl (C=O) groups is 2. The number of rotatable bonds is 6. The molecule has 5 atom stereocenters. The molecule has 0 aromatic heterocycles. The number of aliphatic hydroxyl groups excluding tert-OH is 1. The number of carbonyl (C=O) groups excluding carboxylic acids is 2. The van der Waals surface area contributed by atoms with Gasteiger partial charge >= 0.3 is 11.9 Å².